The Balaban J connectivity index is 1.98. The van der Waals surface area contributed by atoms with Crippen LogP contribution in [0, 0.1) is 6.92 Å². The molecule has 2 aromatic heterocycles. The van der Waals surface area contributed by atoms with Crippen molar-refractivity contribution in [1.82, 2.24) is 19.3 Å². The highest BCUT2D eigenvalue weighted by Gasteiger charge is 2.17. The summed E-state index contributed by atoms with van der Waals surface area (Å²) in [5, 5.41) is 4.23. The van der Waals surface area contributed by atoms with Gasteiger partial charge in [0.05, 0.1) is 28.7 Å². The van der Waals surface area contributed by atoms with E-state index < -0.39 is 0 Å². The van der Waals surface area contributed by atoms with Crippen LogP contribution in [0.1, 0.15) is 28.8 Å². The summed E-state index contributed by atoms with van der Waals surface area (Å²) in [4.78, 5) is 17.1. The number of para-hydroxylation sites is 2. The number of Topliss-reactive ketones (excluding diaryl/α,β-unsaturated/α-hetero) is 1. The zero-order chi connectivity index (χ0) is 15.0. The zero-order valence-electron chi connectivity index (χ0n) is 12.5. The Morgan fingerprint density at radius 2 is 2.05 bits per heavy atom. The monoisotopic (exact) mass is 282 g/mol. The first-order valence-corrected chi connectivity index (χ1v) is 7.07. The Morgan fingerprint density at radius 3 is 2.71 bits per heavy atom. The van der Waals surface area contributed by atoms with Crippen LogP contribution in [0.2, 0.25) is 0 Å². The lowest BCUT2D eigenvalue weighted by Crippen LogP contribution is -2.10. The molecular formula is C16H18N4O. The fourth-order valence-corrected chi connectivity index (χ4v) is 2.73. The number of hydrogen-bond acceptors (Lipinski definition) is 3. The summed E-state index contributed by atoms with van der Waals surface area (Å²) >= 11 is 0. The number of nitrogens with zero attached hydrogens (tertiary/aromatic N) is 4. The fraction of sp³-hybridized carbons (Fsp3) is 0.312. The number of rotatable bonds is 4. The molecule has 0 bridgehead atoms. The summed E-state index contributed by atoms with van der Waals surface area (Å²) in [6.45, 7) is 4.72. The van der Waals surface area contributed by atoms with Crippen LogP contribution in [0.15, 0.2) is 30.5 Å². The van der Waals surface area contributed by atoms with E-state index in [9.17, 15) is 4.79 Å². The van der Waals surface area contributed by atoms with Crippen molar-refractivity contribution in [2.24, 2.45) is 7.05 Å². The lowest BCUT2D eigenvalue weighted by atomic mass is 10.1. The van der Waals surface area contributed by atoms with Crippen molar-refractivity contribution in [3.8, 4) is 0 Å². The predicted octanol–water partition coefficient (Wildman–Crippen LogP) is 2.52. The minimum atomic E-state index is 0.0607. The van der Waals surface area contributed by atoms with Crippen LogP contribution < -0.4 is 0 Å². The van der Waals surface area contributed by atoms with E-state index in [4.69, 9.17) is 0 Å². The number of aromatic nitrogens is 4. The number of aryl methyl sites for hydroxylation is 3. The average Bonchev–Trinajstić information content (AvgIpc) is 2.97. The van der Waals surface area contributed by atoms with E-state index in [1.807, 2.05) is 38.2 Å². The Kier molecular flexibility index (Phi) is 3.33. The van der Waals surface area contributed by atoms with Gasteiger partial charge in [0.1, 0.15) is 5.82 Å². The third-order valence-electron chi connectivity index (χ3n) is 3.68. The third-order valence-corrected chi connectivity index (χ3v) is 3.68. The summed E-state index contributed by atoms with van der Waals surface area (Å²) in [7, 11) is 1.82. The highest BCUT2D eigenvalue weighted by Crippen LogP contribution is 2.18. The van der Waals surface area contributed by atoms with Crippen molar-refractivity contribution in [2.75, 3.05) is 0 Å². The van der Waals surface area contributed by atoms with Crippen molar-refractivity contribution in [3.05, 3.63) is 47.5 Å². The van der Waals surface area contributed by atoms with Crippen molar-refractivity contribution >= 4 is 16.8 Å². The fourth-order valence-electron chi connectivity index (χ4n) is 2.73. The van der Waals surface area contributed by atoms with Gasteiger partial charge in [-0.1, -0.05) is 12.1 Å². The Hall–Kier alpha value is -2.43. The second kappa shape index (κ2) is 5.16. The molecule has 0 N–H and O–H groups in total. The molecule has 0 aliphatic rings. The van der Waals surface area contributed by atoms with Gasteiger partial charge in [0.25, 0.3) is 0 Å². The molecule has 0 saturated heterocycles. The van der Waals surface area contributed by atoms with E-state index in [0.717, 1.165) is 29.1 Å². The van der Waals surface area contributed by atoms with Gasteiger partial charge in [-0.05, 0) is 26.0 Å². The topological polar surface area (TPSA) is 52.7 Å². The highest BCUT2D eigenvalue weighted by molar-refractivity contribution is 5.98. The van der Waals surface area contributed by atoms with Crippen LogP contribution in [0.5, 0.6) is 0 Å². The molecule has 5 nitrogen and oxygen atoms in total. The minimum absolute atomic E-state index is 0.0607. The molecular weight excluding hydrogens is 264 g/mol. The molecule has 21 heavy (non-hydrogen) atoms. The molecule has 0 spiro atoms. The molecule has 5 heteroatoms. The SMILES string of the molecule is CCn1c(CC(=O)c2cn(C)nc2C)nc2ccccc21. The maximum absolute atomic E-state index is 12.5. The summed E-state index contributed by atoms with van der Waals surface area (Å²) in [6.07, 6.45) is 2.08. The molecule has 3 rings (SSSR count). The number of benzene rings is 1. The first kappa shape index (κ1) is 13.5. The maximum atomic E-state index is 12.5. The molecule has 0 aliphatic heterocycles. The first-order valence-electron chi connectivity index (χ1n) is 7.07. The molecule has 3 aromatic rings. The van der Waals surface area contributed by atoms with Gasteiger partial charge in [-0.25, -0.2) is 4.98 Å². The number of hydrogen-bond donors (Lipinski definition) is 0. The van der Waals surface area contributed by atoms with E-state index in [1.54, 1.807) is 10.9 Å². The average molecular weight is 282 g/mol. The molecule has 2 heterocycles. The second-order valence-electron chi connectivity index (χ2n) is 5.16. The van der Waals surface area contributed by atoms with Crippen LogP contribution >= 0.6 is 0 Å². The van der Waals surface area contributed by atoms with Crippen molar-refractivity contribution in [2.45, 2.75) is 26.8 Å². The molecule has 1 aromatic carbocycles. The van der Waals surface area contributed by atoms with Crippen molar-refractivity contribution in [3.63, 3.8) is 0 Å². The van der Waals surface area contributed by atoms with Crippen molar-refractivity contribution < 1.29 is 4.79 Å². The number of carbonyl (C=O) groups excluding carboxylic acids is 1. The second-order valence-corrected chi connectivity index (χ2v) is 5.16. The van der Waals surface area contributed by atoms with Gasteiger partial charge in [-0.2, -0.15) is 5.10 Å². The van der Waals surface area contributed by atoms with Gasteiger partial charge >= 0.3 is 0 Å². The summed E-state index contributed by atoms with van der Waals surface area (Å²) in [5.74, 6) is 0.873. The molecule has 0 saturated carbocycles. The Morgan fingerprint density at radius 1 is 1.29 bits per heavy atom. The van der Waals surface area contributed by atoms with Crippen LogP contribution in [0.25, 0.3) is 11.0 Å². The first-order chi connectivity index (χ1) is 10.1. The van der Waals surface area contributed by atoms with E-state index in [1.165, 1.54) is 0 Å². The standard InChI is InChI=1S/C16H18N4O/c1-4-20-14-8-6-5-7-13(14)17-16(20)9-15(21)12-10-19(3)18-11(12)2/h5-8,10H,4,9H2,1-3H3. The van der Waals surface area contributed by atoms with Crippen LogP contribution in [-0.2, 0) is 20.0 Å². The summed E-state index contributed by atoms with van der Waals surface area (Å²) < 4.78 is 3.77. The van der Waals surface area contributed by atoms with Gasteiger partial charge in [-0.15, -0.1) is 0 Å². The minimum Gasteiger partial charge on any atom is -0.328 e. The normalized spacial score (nSPS) is 11.2. The molecule has 0 radical (unpaired) electrons. The Labute approximate surface area is 123 Å². The summed E-state index contributed by atoms with van der Waals surface area (Å²) in [6, 6.07) is 7.97. The largest absolute Gasteiger partial charge is 0.328 e. The van der Waals surface area contributed by atoms with Gasteiger partial charge in [0.2, 0.25) is 0 Å². The zero-order valence-corrected chi connectivity index (χ0v) is 12.5. The van der Waals surface area contributed by atoms with Crippen molar-refractivity contribution in [1.29, 1.82) is 0 Å². The summed E-state index contributed by atoms with van der Waals surface area (Å²) in [5.41, 5.74) is 3.45. The smallest absolute Gasteiger partial charge is 0.173 e. The van der Waals surface area contributed by atoms with Crippen LogP contribution in [0.3, 0.4) is 0 Å². The van der Waals surface area contributed by atoms with E-state index in [-0.39, 0.29) is 5.78 Å². The van der Waals surface area contributed by atoms with E-state index in [0.29, 0.717) is 12.0 Å². The van der Waals surface area contributed by atoms with Gasteiger partial charge in [0.15, 0.2) is 5.78 Å². The quantitative estimate of drug-likeness (QED) is 0.691. The number of fused-ring (bicyclic) bond motifs is 1. The number of ketones is 1. The van der Waals surface area contributed by atoms with Crippen LogP contribution in [-0.4, -0.2) is 25.1 Å². The molecule has 108 valence electrons. The molecule has 0 fully saturated rings. The van der Waals surface area contributed by atoms with Gasteiger partial charge < -0.3 is 4.57 Å². The van der Waals surface area contributed by atoms with Crippen LogP contribution in [0.4, 0.5) is 0 Å². The van der Waals surface area contributed by atoms with E-state index in [2.05, 4.69) is 21.6 Å². The molecule has 0 aliphatic carbocycles. The number of carbonyl (C=O) groups is 1. The Bertz CT molecular complexity index is 813. The molecule has 0 amide bonds. The lowest BCUT2D eigenvalue weighted by molar-refractivity contribution is 0.0989. The number of imidazole rings is 1. The van der Waals surface area contributed by atoms with E-state index >= 15 is 0 Å². The van der Waals surface area contributed by atoms with Gasteiger partial charge in [-0.3, -0.25) is 9.48 Å². The highest BCUT2D eigenvalue weighted by atomic mass is 16.1. The van der Waals surface area contributed by atoms with Gasteiger partial charge in [0, 0.05) is 19.8 Å². The predicted molar refractivity (Wildman–Crippen MR) is 81.4 cm³/mol. The maximum Gasteiger partial charge on any atom is 0.173 e. The lowest BCUT2D eigenvalue weighted by Gasteiger charge is -2.05. The third kappa shape index (κ3) is 2.35. The molecule has 0 unspecified atom stereocenters. The molecule has 0 atom stereocenters.